The summed E-state index contributed by atoms with van der Waals surface area (Å²) < 4.78 is 0. The second-order valence-electron chi connectivity index (χ2n) is 3.87. The van der Waals surface area contributed by atoms with E-state index in [9.17, 15) is 0 Å². The Kier molecular flexibility index (Phi) is 3.06. The molecule has 0 unspecified atom stereocenters. The zero-order valence-corrected chi connectivity index (χ0v) is 9.86. The molecule has 1 N–H and O–H groups in total. The van der Waals surface area contributed by atoms with Crippen LogP contribution in [0.4, 0.5) is 11.4 Å². The molecule has 1 heterocycles. The lowest BCUT2D eigenvalue weighted by Gasteiger charge is -2.12. The number of aryl methyl sites for hydroxylation is 2. The third kappa shape index (κ3) is 2.26. The second-order valence-corrected chi connectivity index (χ2v) is 3.87. The summed E-state index contributed by atoms with van der Waals surface area (Å²) >= 11 is 0. The molecule has 0 saturated carbocycles. The van der Waals surface area contributed by atoms with Crippen molar-refractivity contribution in [3.63, 3.8) is 0 Å². The second kappa shape index (κ2) is 4.67. The molecule has 0 radical (unpaired) electrons. The maximum absolute atomic E-state index is 9.08. The van der Waals surface area contributed by atoms with Gasteiger partial charge in [0.1, 0.15) is 6.07 Å². The first kappa shape index (κ1) is 11.2. The lowest BCUT2D eigenvalue weighted by molar-refractivity contribution is 1.20. The summed E-state index contributed by atoms with van der Waals surface area (Å²) in [5, 5.41) is 12.4. The van der Waals surface area contributed by atoms with Crippen molar-refractivity contribution in [2.45, 2.75) is 13.8 Å². The van der Waals surface area contributed by atoms with Crippen molar-refractivity contribution >= 4 is 11.4 Å². The summed E-state index contributed by atoms with van der Waals surface area (Å²) in [7, 11) is 0. The van der Waals surface area contributed by atoms with Crippen LogP contribution in [0.5, 0.6) is 0 Å². The zero-order chi connectivity index (χ0) is 12.3. The number of nitrogens with one attached hydrogen (secondary N) is 1. The Bertz CT molecular complexity index is 582. The van der Waals surface area contributed by atoms with E-state index >= 15 is 0 Å². The molecule has 0 spiro atoms. The van der Waals surface area contributed by atoms with Gasteiger partial charge in [0.15, 0.2) is 0 Å². The maximum Gasteiger partial charge on any atom is 0.101 e. The third-order valence-corrected chi connectivity index (χ3v) is 2.66. The van der Waals surface area contributed by atoms with Gasteiger partial charge in [-0.1, -0.05) is 12.1 Å². The first-order chi connectivity index (χ1) is 8.22. The third-order valence-electron chi connectivity index (χ3n) is 2.66. The first-order valence-electron chi connectivity index (χ1n) is 5.40. The molecule has 0 atom stereocenters. The SMILES string of the molecule is Cc1cccc(C#N)c1Nc1cccnc1C. The number of pyridine rings is 1. The highest BCUT2D eigenvalue weighted by Gasteiger charge is 2.06. The molecule has 2 rings (SSSR count). The van der Waals surface area contributed by atoms with Gasteiger partial charge in [-0.3, -0.25) is 4.98 Å². The molecule has 0 amide bonds. The number of benzene rings is 1. The van der Waals surface area contributed by atoms with Crippen LogP contribution in [0.2, 0.25) is 0 Å². The highest BCUT2D eigenvalue weighted by molar-refractivity contribution is 5.70. The first-order valence-corrected chi connectivity index (χ1v) is 5.40. The quantitative estimate of drug-likeness (QED) is 0.849. The largest absolute Gasteiger partial charge is 0.353 e. The van der Waals surface area contributed by atoms with Crippen LogP contribution in [0.25, 0.3) is 0 Å². The average molecular weight is 223 g/mol. The molecule has 0 aliphatic heterocycles. The van der Waals surface area contributed by atoms with Crippen molar-refractivity contribution in [2.24, 2.45) is 0 Å². The van der Waals surface area contributed by atoms with Crippen molar-refractivity contribution in [3.05, 3.63) is 53.3 Å². The molecular formula is C14H13N3. The molecule has 0 aliphatic rings. The molecule has 0 fully saturated rings. The zero-order valence-electron chi connectivity index (χ0n) is 9.86. The normalized spacial score (nSPS) is 9.71. The van der Waals surface area contributed by atoms with Crippen LogP contribution in [0.15, 0.2) is 36.5 Å². The Morgan fingerprint density at radius 2 is 2.00 bits per heavy atom. The molecule has 0 saturated heterocycles. The number of rotatable bonds is 2. The van der Waals surface area contributed by atoms with Gasteiger partial charge >= 0.3 is 0 Å². The Hall–Kier alpha value is -2.34. The van der Waals surface area contributed by atoms with Gasteiger partial charge < -0.3 is 5.32 Å². The fourth-order valence-corrected chi connectivity index (χ4v) is 1.68. The monoisotopic (exact) mass is 223 g/mol. The number of aromatic nitrogens is 1. The minimum absolute atomic E-state index is 0.647. The molecule has 0 aliphatic carbocycles. The van der Waals surface area contributed by atoms with Crippen LogP contribution >= 0.6 is 0 Å². The van der Waals surface area contributed by atoms with Crippen LogP contribution < -0.4 is 5.32 Å². The fourth-order valence-electron chi connectivity index (χ4n) is 1.68. The van der Waals surface area contributed by atoms with Gasteiger partial charge in [0.2, 0.25) is 0 Å². The van der Waals surface area contributed by atoms with Gasteiger partial charge in [0, 0.05) is 6.20 Å². The molecule has 84 valence electrons. The average Bonchev–Trinajstić information content (AvgIpc) is 2.34. The van der Waals surface area contributed by atoms with E-state index in [2.05, 4.69) is 16.4 Å². The minimum atomic E-state index is 0.647. The Labute approximate surface area is 101 Å². The van der Waals surface area contributed by atoms with E-state index in [0.717, 1.165) is 22.6 Å². The molecule has 17 heavy (non-hydrogen) atoms. The van der Waals surface area contributed by atoms with E-state index in [-0.39, 0.29) is 0 Å². The van der Waals surface area contributed by atoms with Crippen LogP contribution in [-0.2, 0) is 0 Å². The van der Waals surface area contributed by atoms with Gasteiger partial charge in [0.25, 0.3) is 0 Å². The predicted octanol–water partition coefficient (Wildman–Crippen LogP) is 3.31. The smallest absolute Gasteiger partial charge is 0.101 e. The van der Waals surface area contributed by atoms with Gasteiger partial charge in [-0.05, 0) is 37.6 Å². The van der Waals surface area contributed by atoms with Gasteiger partial charge in [-0.25, -0.2) is 0 Å². The molecule has 3 heteroatoms. The topological polar surface area (TPSA) is 48.7 Å². The van der Waals surface area contributed by atoms with Crippen molar-refractivity contribution < 1.29 is 0 Å². The lowest BCUT2D eigenvalue weighted by atomic mass is 10.1. The van der Waals surface area contributed by atoms with Crippen LogP contribution in [0.3, 0.4) is 0 Å². The van der Waals surface area contributed by atoms with Crippen molar-refractivity contribution in [1.82, 2.24) is 4.98 Å². The summed E-state index contributed by atoms with van der Waals surface area (Å²) in [5.74, 6) is 0. The maximum atomic E-state index is 9.08. The summed E-state index contributed by atoms with van der Waals surface area (Å²) in [4.78, 5) is 4.22. The van der Waals surface area contributed by atoms with Gasteiger partial charge in [-0.2, -0.15) is 5.26 Å². The number of nitrogens with zero attached hydrogens (tertiary/aromatic N) is 2. The molecule has 1 aromatic heterocycles. The number of nitriles is 1. The van der Waals surface area contributed by atoms with E-state index in [0.29, 0.717) is 5.56 Å². The van der Waals surface area contributed by atoms with E-state index in [1.54, 1.807) is 12.3 Å². The van der Waals surface area contributed by atoms with E-state index < -0.39 is 0 Å². The molecule has 1 aromatic carbocycles. The number of para-hydroxylation sites is 1. The predicted molar refractivity (Wildman–Crippen MR) is 68.2 cm³/mol. The fraction of sp³-hybridized carbons (Fsp3) is 0.143. The Balaban J connectivity index is 2.44. The van der Waals surface area contributed by atoms with Crippen LogP contribution in [0.1, 0.15) is 16.8 Å². The lowest BCUT2D eigenvalue weighted by Crippen LogP contribution is -1.99. The van der Waals surface area contributed by atoms with Crippen molar-refractivity contribution in [3.8, 4) is 6.07 Å². The number of hydrogen-bond donors (Lipinski definition) is 1. The molecule has 2 aromatic rings. The molecule has 3 nitrogen and oxygen atoms in total. The van der Waals surface area contributed by atoms with E-state index in [1.165, 1.54) is 0 Å². The van der Waals surface area contributed by atoms with Crippen LogP contribution in [0, 0.1) is 25.2 Å². The minimum Gasteiger partial charge on any atom is -0.353 e. The van der Waals surface area contributed by atoms with Gasteiger partial charge in [0.05, 0.1) is 22.6 Å². The number of hydrogen-bond acceptors (Lipinski definition) is 3. The van der Waals surface area contributed by atoms with E-state index in [1.807, 2.05) is 38.1 Å². The van der Waals surface area contributed by atoms with Gasteiger partial charge in [-0.15, -0.1) is 0 Å². The van der Waals surface area contributed by atoms with E-state index in [4.69, 9.17) is 5.26 Å². The highest BCUT2D eigenvalue weighted by Crippen LogP contribution is 2.25. The Morgan fingerprint density at radius 1 is 1.18 bits per heavy atom. The molecular weight excluding hydrogens is 210 g/mol. The summed E-state index contributed by atoms with van der Waals surface area (Å²) in [6.07, 6.45) is 1.75. The Morgan fingerprint density at radius 3 is 2.71 bits per heavy atom. The summed E-state index contributed by atoms with van der Waals surface area (Å²) in [6, 6.07) is 11.7. The summed E-state index contributed by atoms with van der Waals surface area (Å²) in [5.41, 5.74) is 4.39. The summed E-state index contributed by atoms with van der Waals surface area (Å²) in [6.45, 7) is 3.92. The van der Waals surface area contributed by atoms with Crippen LogP contribution in [-0.4, -0.2) is 4.98 Å². The standard InChI is InChI=1S/C14H13N3/c1-10-5-3-6-12(9-15)14(10)17-13-7-4-8-16-11(13)2/h3-8,17H,1-2H3. The number of anilines is 2. The molecule has 0 bridgehead atoms. The van der Waals surface area contributed by atoms with Crippen molar-refractivity contribution in [1.29, 1.82) is 5.26 Å². The highest BCUT2D eigenvalue weighted by atomic mass is 14.9. The van der Waals surface area contributed by atoms with Crippen molar-refractivity contribution in [2.75, 3.05) is 5.32 Å².